The van der Waals surface area contributed by atoms with Gasteiger partial charge in [-0.2, -0.15) is 0 Å². The van der Waals surface area contributed by atoms with E-state index in [1.165, 1.54) is 17.8 Å². The molecule has 3 aromatic carbocycles. The highest BCUT2D eigenvalue weighted by Gasteiger charge is 2.20. The second-order valence-corrected chi connectivity index (χ2v) is 9.20. The summed E-state index contributed by atoms with van der Waals surface area (Å²) < 4.78 is 49.1. The quantitative estimate of drug-likeness (QED) is 0.168. The smallest absolute Gasteiger partial charge is 0.341 e. The molecule has 0 spiro atoms. The number of carboxylic acids is 1. The van der Waals surface area contributed by atoms with Gasteiger partial charge in [0.2, 0.25) is 0 Å². The number of thioether (sulfide) groups is 1. The normalized spacial score (nSPS) is 11.5. The summed E-state index contributed by atoms with van der Waals surface area (Å²) in [5.74, 6) is -3.97. The molecule has 3 nitrogen and oxygen atoms in total. The summed E-state index contributed by atoms with van der Waals surface area (Å²) in [7, 11) is 0. The number of aliphatic carboxylic acids is 1. The number of aryl methyl sites for hydroxylation is 1. The molecule has 0 aliphatic rings. The zero-order chi connectivity index (χ0) is 24.0. The lowest BCUT2D eigenvalue weighted by Crippen LogP contribution is -2.10. The SMILES string of the molecule is CCc1cc(/C(=C\CSc2ccc(OCC(=O)O)c(I)c2)c2ccccc2)c(F)c(F)c1F. The third-order valence-corrected chi connectivity index (χ3v) is 6.53. The Morgan fingerprint density at radius 2 is 1.79 bits per heavy atom. The molecular formula is C25H20F3IO3S. The molecule has 0 fully saturated rings. The summed E-state index contributed by atoms with van der Waals surface area (Å²) >= 11 is 3.53. The van der Waals surface area contributed by atoms with Gasteiger partial charge >= 0.3 is 5.97 Å². The van der Waals surface area contributed by atoms with Gasteiger partial charge in [0.25, 0.3) is 0 Å². The fraction of sp³-hybridized carbons (Fsp3) is 0.160. The van der Waals surface area contributed by atoms with E-state index in [1.807, 2.05) is 12.1 Å². The average molecular weight is 584 g/mol. The zero-order valence-corrected chi connectivity index (χ0v) is 20.6. The van der Waals surface area contributed by atoms with E-state index in [2.05, 4.69) is 22.6 Å². The Kier molecular flexibility index (Phi) is 8.85. The molecule has 33 heavy (non-hydrogen) atoms. The Hall–Kier alpha value is -2.46. The second kappa shape index (κ2) is 11.6. The molecule has 0 aromatic heterocycles. The first-order valence-corrected chi connectivity index (χ1v) is 12.1. The third kappa shape index (κ3) is 6.32. The fourth-order valence-electron chi connectivity index (χ4n) is 3.16. The molecule has 3 rings (SSSR count). The van der Waals surface area contributed by atoms with E-state index in [4.69, 9.17) is 9.84 Å². The first kappa shape index (κ1) is 25.2. The van der Waals surface area contributed by atoms with Crippen LogP contribution in [0.3, 0.4) is 0 Å². The van der Waals surface area contributed by atoms with Crippen LogP contribution < -0.4 is 4.74 Å². The van der Waals surface area contributed by atoms with E-state index >= 15 is 0 Å². The molecule has 3 aromatic rings. The highest BCUT2D eigenvalue weighted by Crippen LogP contribution is 2.32. The summed E-state index contributed by atoms with van der Waals surface area (Å²) in [6.07, 6.45) is 2.03. The molecule has 0 aliphatic heterocycles. The second-order valence-electron chi connectivity index (χ2n) is 6.95. The van der Waals surface area contributed by atoms with Crippen molar-refractivity contribution in [2.45, 2.75) is 18.2 Å². The maximum Gasteiger partial charge on any atom is 0.341 e. The van der Waals surface area contributed by atoms with Crippen molar-refractivity contribution in [3.8, 4) is 5.75 Å². The van der Waals surface area contributed by atoms with Gasteiger partial charge in [0.15, 0.2) is 24.1 Å². The molecule has 0 saturated carbocycles. The molecule has 0 atom stereocenters. The molecule has 0 amide bonds. The first-order chi connectivity index (χ1) is 15.8. The van der Waals surface area contributed by atoms with Gasteiger partial charge in [-0.15, -0.1) is 11.8 Å². The van der Waals surface area contributed by atoms with E-state index in [-0.39, 0.29) is 17.5 Å². The summed E-state index contributed by atoms with van der Waals surface area (Å²) in [5, 5.41) is 8.75. The number of halogens is 4. The minimum atomic E-state index is -1.47. The molecule has 1 N–H and O–H groups in total. The van der Waals surface area contributed by atoms with Crippen LogP contribution >= 0.6 is 34.4 Å². The molecular weight excluding hydrogens is 564 g/mol. The van der Waals surface area contributed by atoms with Crippen LogP contribution in [0.5, 0.6) is 5.75 Å². The number of ether oxygens (including phenoxy) is 1. The van der Waals surface area contributed by atoms with Gasteiger partial charge in [-0.3, -0.25) is 0 Å². The molecule has 0 saturated heterocycles. The average Bonchev–Trinajstić information content (AvgIpc) is 2.81. The lowest BCUT2D eigenvalue weighted by molar-refractivity contribution is -0.139. The van der Waals surface area contributed by atoms with Crippen LogP contribution in [0.15, 0.2) is 65.6 Å². The number of carbonyl (C=O) groups is 1. The van der Waals surface area contributed by atoms with Gasteiger partial charge in [0.05, 0.1) is 3.57 Å². The van der Waals surface area contributed by atoms with Gasteiger partial charge in [-0.25, -0.2) is 18.0 Å². The molecule has 0 bridgehead atoms. The van der Waals surface area contributed by atoms with E-state index in [0.29, 0.717) is 22.6 Å². The summed E-state index contributed by atoms with van der Waals surface area (Å²) in [6, 6.07) is 15.7. The molecule has 0 heterocycles. The van der Waals surface area contributed by atoms with Crippen LogP contribution in [0.1, 0.15) is 23.6 Å². The Morgan fingerprint density at radius 3 is 2.42 bits per heavy atom. The molecule has 0 unspecified atom stereocenters. The molecule has 0 radical (unpaired) electrons. The summed E-state index contributed by atoms with van der Waals surface area (Å²) in [5.41, 5.74) is 1.30. The zero-order valence-electron chi connectivity index (χ0n) is 17.6. The number of rotatable bonds is 9. The number of carboxylic acid groups (broad SMARTS) is 1. The third-order valence-electron chi connectivity index (χ3n) is 4.77. The van der Waals surface area contributed by atoms with E-state index in [0.717, 1.165) is 8.47 Å². The Bertz CT molecular complexity index is 1180. The highest BCUT2D eigenvalue weighted by molar-refractivity contribution is 14.1. The molecule has 172 valence electrons. The van der Waals surface area contributed by atoms with E-state index in [9.17, 15) is 18.0 Å². The van der Waals surface area contributed by atoms with Crippen LogP contribution in [0, 0.1) is 21.0 Å². The van der Waals surface area contributed by atoms with Crippen molar-refractivity contribution >= 4 is 45.9 Å². The fourth-order valence-corrected chi connectivity index (χ4v) is 4.85. The van der Waals surface area contributed by atoms with Crippen LogP contribution in [0.4, 0.5) is 13.2 Å². The van der Waals surface area contributed by atoms with Gasteiger partial charge in [0, 0.05) is 16.2 Å². The summed E-state index contributed by atoms with van der Waals surface area (Å²) in [6.45, 7) is 1.26. The van der Waals surface area contributed by atoms with Crippen molar-refractivity contribution in [2.24, 2.45) is 0 Å². The number of hydrogen-bond donors (Lipinski definition) is 1. The summed E-state index contributed by atoms with van der Waals surface area (Å²) in [4.78, 5) is 11.6. The van der Waals surface area contributed by atoms with E-state index in [1.54, 1.807) is 49.4 Å². The van der Waals surface area contributed by atoms with E-state index < -0.39 is 30.0 Å². The predicted octanol–water partition coefficient (Wildman–Crippen LogP) is 6.96. The van der Waals surface area contributed by atoms with Crippen molar-refractivity contribution in [3.05, 3.63) is 98.4 Å². The van der Waals surface area contributed by atoms with Crippen LogP contribution in [0.2, 0.25) is 0 Å². The van der Waals surface area contributed by atoms with Gasteiger partial charge < -0.3 is 9.84 Å². The first-order valence-electron chi connectivity index (χ1n) is 10.0. The topological polar surface area (TPSA) is 46.5 Å². The Labute approximate surface area is 207 Å². The largest absolute Gasteiger partial charge is 0.481 e. The predicted molar refractivity (Wildman–Crippen MR) is 132 cm³/mol. The van der Waals surface area contributed by atoms with Crippen LogP contribution in [-0.2, 0) is 11.2 Å². The lowest BCUT2D eigenvalue weighted by atomic mass is 9.94. The van der Waals surface area contributed by atoms with Crippen molar-refractivity contribution in [1.82, 2.24) is 0 Å². The van der Waals surface area contributed by atoms with Crippen molar-refractivity contribution in [3.63, 3.8) is 0 Å². The number of benzene rings is 3. The van der Waals surface area contributed by atoms with Gasteiger partial charge in [-0.1, -0.05) is 43.3 Å². The monoisotopic (exact) mass is 584 g/mol. The van der Waals surface area contributed by atoms with Crippen LogP contribution in [0.25, 0.3) is 5.57 Å². The van der Waals surface area contributed by atoms with Crippen LogP contribution in [-0.4, -0.2) is 23.4 Å². The van der Waals surface area contributed by atoms with Crippen molar-refractivity contribution in [2.75, 3.05) is 12.4 Å². The minimum absolute atomic E-state index is 0.0181. The van der Waals surface area contributed by atoms with Gasteiger partial charge in [0.1, 0.15) is 5.75 Å². The maximum atomic E-state index is 14.8. The standard InChI is InChI=1S/C25H20F3IO3S/c1-2-15-12-19(24(27)25(28)23(15)26)18(16-6-4-3-5-7-16)10-11-33-17-8-9-21(20(29)13-17)32-14-22(30)31/h3-10,12-13H,2,11,14H2,1H3,(H,30,31)/b18-10-. The Morgan fingerprint density at radius 1 is 1.06 bits per heavy atom. The number of hydrogen-bond acceptors (Lipinski definition) is 3. The molecule has 0 aliphatic carbocycles. The highest BCUT2D eigenvalue weighted by atomic mass is 127. The lowest BCUT2D eigenvalue weighted by Gasteiger charge is -2.13. The maximum absolute atomic E-state index is 14.8. The van der Waals surface area contributed by atoms with Crippen molar-refractivity contribution in [1.29, 1.82) is 0 Å². The Balaban J connectivity index is 1.90. The van der Waals surface area contributed by atoms with Gasteiger partial charge in [-0.05, 0) is 70.0 Å². The molecule has 8 heteroatoms. The minimum Gasteiger partial charge on any atom is -0.481 e. The van der Waals surface area contributed by atoms with Crippen molar-refractivity contribution < 1.29 is 27.8 Å².